The summed E-state index contributed by atoms with van der Waals surface area (Å²) in [5.74, 6) is 0. The summed E-state index contributed by atoms with van der Waals surface area (Å²) >= 11 is 1.54. The summed E-state index contributed by atoms with van der Waals surface area (Å²) in [6.07, 6.45) is 9.85. The molecule has 0 unspecified atom stereocenters. The highest BCUT2D eigenvalue weighted by molar-refractivity contribution is 7.07. The van der Waals surface area contributed by atoms with Crippen molar-refractivity contribution in [3.05, 3.63) is 87.8 Å². The van der Waals surface area contributed by atoms with Crippen LogP contribution in [0.1, 0.15) is 6.42 Å². The van der Waals surface area contributed by atoms with E-state index in [1.807, 2.05) is 28.3 Å². The molecule has 0 aliphatic rings. The number of thiazole rings is 1. The molecule has 0 fully saturated rings. The van der Waals surface area contributed by atoms with Crippen LogP contribution >= 0.6 is 11.3 Å². The number of aryl methyl sites for hydroxylation is 1. The van der Waals surface area contributed by atoms with E-state index in [1.54, 1.807) is 37.1 Å². The van der Waals surface area contributed by atoms with Crippen LogP contribution in [0.15, 0.2) is 77.9 Å². The fourth-order valence-corrected chi connectivity index (χ4v) is 3.94. The van der Waals surface area contributed by atoms with Crippen molar-refractivity contribution in [3.63, 3.8) is 0 Å². The lowest BCUT2D eigenvalue weighted by Gasteiger charge is -2.10. The van der Waals surface area contributed by atoms with E-state index in [9.17, 15) is 10.1 Å². The Morgan fingerprint density at radius 1 is 1.10 bits per heavy atom. The number of benzene rings is 1. The van der Waals surface area contributed by atoms with E-state index in [-0.39, 0.29) is 10.6 Å². The lowest BCUT2D eigenvalue weighted by Crippen LogP contribution is -2.17. The number of imidazole rings is 1. The Hall–Kier alpha value is -3.59. The molecule has 0 amide bonds. The molecule has 0 atom stereocenters. The third kappa shape index (κ3) is 4.46. The summed E-state index contributed by atoms with van der Waals surface area (Å²) < 4.78 is 4.19. The van der Waals surface area contributed by atoms with Crippen molar-refractivity contribution in [2.75, 3.05) is 0 Å². The highest BCUT2D eigenvalue weighted by Crippen LogP contribution is 2.24. The Morgan fingerprint density at radius 3 is 2.66 bits per heavy atom. The molecule has 9 heteroatoms. The monoisotopic (exact) mass is 406 g/mol. The van der Waals surface area contributed by atoms with Gasteiger partial charge in [-0.15, -0.1) is 11.3 Å². The molecule has 4 rings (SSSR count). The molecule has 0 radical (unpaired) electrons. The van der Waals surface area contributed by atoms with Crippen LogP contribution in [0.2, 0.25) is 0 Å². The molecule has 0 aliphatic heterocycles. The third-order valence-corrected chi connectivity index (χ3v) is 5.26. The number of nitro benzene ring substituents is 1. The van der Waals surface area contributed by atoms with Crippen molar-refractivity contribution >= 4 is 22.7 Å². The van der Waals surface area contributed by atoms with Crippen LogP contribution in [-0.2, 0) is 13.1 Å². The van der Waals surface area contributed by atoms with Crippen LogP contribution in [0.4, 0.5) is 11.4 Å². The number of pyridine rings is 1. The molecular formula is C20H18N6O2S. The van der Waals surface area contributed by atoms with Gasteiger partial charge in [0.25, 0.3) is 5.69 Å². The number of non-ortho nitro benzene ring substituents is 1. The Kier molecular flexibility index (Phi) is 5.57. The second-order valence-electron chi connectivity index (χ2n) is 6.34. The standard InChI is InChI=1S/C20H18N6O2S/c27-26(28)18-6-4-16(5-7-18)19-14-29-20(23-17-3-1-8-21-13-17)25(19)11-2-10-24-12-9-22-15-24/h1,3-9,12-15H,2,10-11H2. The Bertz CT molecular complexity index is 1150. The zero-order valence-electron chi connectivity index (χ0n) is 15.5. The van der Waals surface area contributed by atoms with Gasteiger partial charge in [0.1, 0.15) is 0 Å². The van der Waals surface area contributed by atoms with E-state index in [0.29, 0.717) is 0 Å². The number of hydrogen-bond donors (Lipinski definition) is 0. The second-order valence-corrected chi connectivity index (χ2v) is 7.17. The first-order valence-electron chi connectivity index (χ1n) is 9.04. The molecule has 3 heterocycles. The first-order chi connectivity index (χ1) is 14.2. The third-order valence-electron chi connectivity index (χ3n) is 4.40. The van der Waals surface area contributed by atoms with Crippen LogP contribution in [0.25, 0.3) is 11.3 Å². The Labute approximate surface area is 170 Å². The summed E-state index contributed by atoms with van der Waals surface area (Å²) in [4.78, 5) is 24.4. The maximum absolute atomic E-state index is 11.0. The number of hydrogen-bond acceptors (Lipinski definition) is 6. The summed E-state index contributed by atoms with van der Waals surface area (Å²) in [5.41, 5.74) is 2.77. The fourth-order valence-electron chi connectivity index (χ4n) is 2.98. The van der Waals surface area contributed by atoms with E-state index < -0.39 is 0 Å². The van der Waals surface area contributed by atoms with Gasteiger partial charge in [-0.25, -0.2) is 9.98 Å². The smallest absolute Gasteiger partial charge is 0.269 e. The largest absolute Gasteiger partial charge is 0.337 e. The van der Waals surface area contributed by atoms with E-state index in [0.717, 1.165) is 41.3 Å². The minimum Gasteiger partial charge on any atom is -0.337 e. The minimum absolute atomic E-state index is 0.0795. The fraction of sp³-hybridized carbons (Fsp3) is 0.150. The highest BCUT2D eigenvalue weighted by Gasteiger charge is 2.11. The molecule has 0 bridgehead atoms. The van der Waals surface area contributed by atoms with Crippen LogP contribution in [0, 0.1) is 10.1 Å². The van der Waals surface area contributed by atoms with Crippen LogP contribution in [-0.4, -0.2) is 24.0 Å². The van der Waals surface area contributed by atoms with Gasteiger partial charge in [-0.2, -0.15) is 0 Å². The van der Waals surface area contributed by atoms with Gasteiger partial charge >= 0.3 is 0 Å². The van der Waals surface area contributed by atoms with Crippen molar-refractivity contribution in [1.82, 2.24) is 19.1 Å². The summed E-state index contributed by atoms with van der Waals surface area (Å²) in [5, 5.41) is 13.0. The minimum atomic E-state index is -0.389. The van der Waals surface area contributed by atoms with Gasteiger partial charge in [-0.3, -0.25) is 15.1 Å². The Balaban J connectivity index is 1.68. The maximum Gasteiger partial charge on any atom is 0.269 e. The number of rotatable bonds is 7. The summed E-state index contributed by atoms with van der Waals surface area (Å²) in [6, 6.07) is 10.4. The predicted molar refractivity (Wildman–Crippen MR) is 111 cm³/mol. The molecule has 1 aromatic carbocycles. The molecule has 29 heavy (non-hydrogen) atoms. The zero-order chi connectivity index (χ0) is 20.1. The van der Waals surface area contributed by atoms with Crippen molar-refractivity contribution in [2.24, 2.45) is 4.99 Å². The Morgan fingerprint density at radius 2 is 1.97 bits per heavy atom. The summed E-state index contributed by atoms with van der Waals surface area (Å²) in [7, 11) is 0. The van der Waals surface area contributed by atoms with Gasteiger partial charge in [-0.1, -0.05) is 0 Å². The molecule has 0 aliphatic carbocycles. The molecule has 0 saturated carbocycles. The van der Waals surface area contributed by atoms with Gasteiger partial charge in [-0.05, 0) is 36.2 Å². The first-order valence-corrected chi connectivity index (χ1v) is 9.92. The van der Waals surface area contributed by atoms with Crippen LogP contribution in [0.5, 0.6) is 0 Å². The molecule has 4 aromatic rings. The van der Waals surface area contributed by atoms with Crippen molar-refractivity contribution in [3.8, 4) is 11.3 Å². The van der Waals surface area contributed by atoms with Crippen LogP contribution in [0.3, 0.4) is 0 Å². The van der Waals surface area contributed by atoms with E-state index in [4.69, 9.17) is 4.99 Å². The molecule has 8 nitrogen and oxygen atoms in total. The first kappa shape index (κ1) is 18.8. The normalized spacial score (nSPS) is 11.7. The lowest BCUT2D eigenvalue weighted by molar-refractivity contribution is -0.384. The number of nitro groups is 1. The van der Waals surface area contributed by atoms with Crippen molar-refractivity contribution in [2.45, 2.75) is 19.5 Å². The average Bonchev–Trinajstić information content (AvgIpc) is 3.40. The molecule has 3 aromatic heterocycles. The van der Waals surface area contributed by atoms with Gasteiger partial charge in [0.2, 0.25) is 0 Å². The predicted octanol–water partition coefficient (Wildman–Crippen LogP) is 4.04. The van der Waals surface area contributed by atoms with E-state index in [1.165, 1.54) is 23.5 Å². The van der Waals surface area contributed by atoms with Gasteiger partial charge in [0.15, 0.2) is 4.80 Å². The highest BCUT2D eigenvalue weighted by atomic mass is 32.1. The molecule has 0 spiro atoms. The quantitative estimate of drug-likeness (QED) is 0.342. The van der Waals surface area contributed by atoms with Gasteiger partial charge in [0, 0.05) is 49.2 Å². The van der Waals surface area contributed by atoms with Gasteiger partial charge < -0.3 is 9.13 Å². The van der Waals surface area contributed by atoms with E-state index in [2.05, 4.69) is 14.5 Å². The van der Waals surface area contributed by atoms with Gasteiger partial charge in [0.05, 0.1) is 28.8 Å². The van der Waals surface area contributed by atoms with Crippen molar-refractivity contribution < 1.29 is 4.92 Å². The number of aromatic nitrogens is 4. The van der Waals surface area contributed by atoms with E-state index >= 15 is 0 Å². The molecule has 146 valence electrons. The molecular weight excluding hydrogens is 388 g/mol. The molecule has 0 N–H and O–H groups in total. The lowest BCUT2D eigenvalue weighted by atomic mass is 10.1. The maximum atomic E-state index is 11.0. The SMILES string of the molecule is O=[N+]([O-])c1ccc(-c2csc(=Nc3cccnc3)n2CCCn2ccnc2)cc1. The molecule has 0 saturated heterocycles. The second kappa shape index (κ2) is 8.61. The van der Waals surface area contributed by atoms with Crippen molar-refractivity contribution in [1.29, 1.82) is 0 Å². The average molecular weight is 406 g/mol. The zero-order valence-corrected chi connectivity index (χ0v) is 16.3. The van der Waals surface area contributed by atoms with Crippen LogP contribution < -0.4 is 4.80 Å². The number of nitrogens with zero attached hydrogens (tertiary/aromatic N) is 6. The summed E-state index contributed by atoms with van der Waals surface area (Å²) in [6.45, 7) is 1.60. The topological polar surface area (TPSA) is 91.1 Å².